The van der Waals surface area contributed by atoms with E-state index in [1.54, 1.807) is 6.07 Å². The summed E-state index contributed by atoms with van der Waals surface area (Å²) in [5.74, 6) is -0.544. The maximum atomic E-state index is 11.6. The van der Waals surface area contributed by atoms with Gasteiger partial charge in [0.1, 0.15) is 0 Å². The molecule has 0 bridgehead atoms. The zero-order chi connectivity index (χ0) is 11.0. The molecule has 1 heterocycles. The fourth-order valence-electron chi connectivity index (χ4n) is 1.73. The van der Waals surface area contributed by atoms with Gasteiger partial charge in [-0.1, -0.05) is 41.6 Å². The summed E-state index contributed by atoms with van der Waals surface area (Å²) in [5.41, 5.74) is 2.02. The molecule has 1 unspecified atom stereocenters. The second kappa shape index (κ2) is 3.92. The van der Waals surface area contributed by atoms with Gasteiger partial charge >= 0.3 is 0 Å². The van der Waals surface area contributed by atoms with Crippen LogP contribution in [-0.4, -0.2) is 11.8 Å². The molecule has 0 spiro atoms. The molecule has 2 amide bonds. The van der Waals surface area contributed by atoms with Crippen molar-refractivity contribution in [3.63, 3.8) is 0 Å². The normalized spacial score (nSPS) is 16.1. The molecule has 1 aromatic carbocycles. The summed E-state index contributed by atoms with van der Waals surface area (Å²) in [7, 11) is 0. The molecule has 3 nitrogen and oxygen atoms in total. The van der Waals surface area contributed by atoms with Crippen molar-refractivity contribution in [3.8, 4) is 0 Å². The van der Waals surface area contributed by atoms with Crippen LogP contribution in [0.5, 0.6) is 0 Å². The third-order valence-electron chi connectivity index (χ3n) is 2.49. The standard InChI is InChI=1S/C11H10INO2/c1-2-8(12)6-4-3-5-7-9(6)11(15)13-10(7)14/h3-5,8H,2H2,1H3,(H,13,14,15). The van der Waals surface area contributed by atoms with Gasteiger partial charge in [-0.15, -0.1) is 0 Å². The fourth-order valence-corrected chi connectivity index (χ4v) is 2.25. The molecule has 0 saturated carbocycles. The van der Waals surface area contributed by atoms with Crippen molar-refractivity contribution in [2.75, 3.05) is 0 Å². The number of fused-ring (bicyclic) bond motifs is 1. The molecule has 4 heteroatoms. The molecule has 78 valence electrons. The number of imide groups is 1. The van der Waals surface area contributed by atoms with Gasteiger partial charge in [0.25, 0.3) is 11.8 Å². The first-order valence-electron chi connectivity index (χ1n) is 4.77. The molecule has 2 rings (SSSR count). The van der Waals surface area contributed by atoms with Gasteiger partial charge < -0.3 is 0 Å². The van der Waals surface area contributed by atoms with Gasteiger partial charge in [-0.2, -0.15) is 0 Å². The van der Waals surface area contributed by atoms with E-state index in [1.807, 2.05) is 12.1 Å². The highest BCUT2D eigenvalue weighted by molar-refractivity contribution is 14.1. The average Bonchev–Trinajstić information content (AvgIpc) is 2.54. The Hall–Kier alpha value is -0.910. The molecule has 0 aromatic heterocycles. The molecule has 1 aromatic rings. The number of carbonyl (C=O) groups is 2. The van der Waals surface area contributed by atoms with Crippen LogP contribution in [0.25, 0.3) is 0 Å². The van der Waals surface area contributed by atoms with Gasteiger partial charge in [0.05, 0.1) is 11.1 Å². The van der Waals surface area contributed by atoms with E-state index < -0.39 is 0 Å². The lowest BCUT2D eigenvalue weighted by atomic mass is 9.99. The van der Waals surface area contributed by atoms with Crippen molar-refractivity contribution in [3.05, 3.63) is 34.9 Å². The van der Waals surface area contributed by atoms with E-state index in [0.717, 1.165) is 12.0 Å². The highest BCUT2D eigenvalue weighted by Crippen LogP contribution is 2.32. The van der Waals surface area contributed by atoms with Gasteiger partial charge in [-0.25, -0.2) is 0 Å². The Morgan fingerprint density at radius 3 is 2.73 bits per heavy atom. The molecule has 0 fully saturated rings. The number of hydrogen-bond donors (Lipinski definition) is 1. The van der Waals surface area contributed by atoms with E-state index in [0.29, 0.717) is 11.1 Å². The zero-order valence-corrected chi connectivity index (χ0v) is 10.4. The molecular formula is C11H10INO2. The van der Waals surface area contributed by atoms with Crippen LogP contribution in [-0.2, 0) is 0 Å². The predicted molar refractivity (Wildman–Crippen MR) is 65.3 cm³/mol. The Morgan fingerprint density at radius 2 is 2.07 bits per heavy atom. The first-order valence-corrected chi connectivity index (χ1v) is 6.02. The summed E-state index contributed by atoms with van der Waals surface area (Å²) < 4.78 is 0.272. The number of hydrogen-bond acceptors (Lipinski definition) is 2. The first kappa shape index (κ1) is 10.6. The lowest BCUT2D eigenvalue weighted by Crippen LogP contribution is -2.20. The van der Waals surface area contributed by atoms with Crippen molar-refractivity contribution >= 4 is 34.4 Å². The molecular weight excluding hydrogens is 305 g/mol. The first-order chi connectivity index (χ1) is 7.15. The Balaban J connectivity index is 2.60. The van der Waals surface area contributed by atoms with E-state index in [4.69, 9.17) is 0 Å². The summed E-state index contributed by atoms with van der Waals surface area (Å²) >= 11 is 2.29. The summed E-state index contributed by atoms with van der Waals surface area (Å²) in [6, 6.07) is 5.43. The van der Waals surface area contributed by atoms with Crippen LogP contribution in [0.2, 0.25) is 0 Å². The molecule has 0 saturated heterocycles. The Morgan fingerprint density at radius 1 is 1.33 bits per heavy atom. The number of nitrogens with one attached hydrogen (secondary N) is 1. The van der Waals surface area contributed by atoms with E-state index in [1.165, 1.54) is 0 Å². The minimum atomic E-state index is -0.281. The number of alkyl halides is 1. The van der Waals surface area contributed by atoms with Gasteiger partial charge in [-0.05, 0) is 18.1 Å². The zero-order valence-electron chi connectivity index (χ0n) is 8.21. The minimum Gasteiger partial charge on any atom is -0.288 e. The highest BCUT2D eigenvalue weighted by atomic mass is 127. The van der Waals surface area contributed by atoms with Crippen molar-refractivity contribution < 1.29 is 9.59 Å². The van der Waals surface area contributed by atoms with Gasteiger partial charge in [0.2, 0.25) is 0 Å². The number of carbonyl (C=O) groups excluding carboxylic acids is 2. The van der Waals surface area contributed by atoms with Gasteiger partial charge in [0, 0.05) is 3.92 Å². The average molecular weight is 315 g/mol. The third kappa shape index (κ3) is 1.67. The van der Waals surface area contributed by atoms with Crippen LogP contribution in [0.1, 0.15) is 43.5 Å². The van der Waals surface area contributed by atoms with E-state index in [9.17, 15) is 9.59 Å². The number of rotatable bonds is 2. The molecule has 0 aliphatic carbocycles. The summed E-state index contributed by atoms with van der Waals surface area (Å²) in [5, 5.41) is 2.32. The van der Waals surface area contributed by atoms with Crippen LogP contribution in [0.15, 0.2) is 18.2 Å². The second-order valence-corrected chi connectivity index (χ2v) is 4.93. The minimum absolute atomic E-state index is 0.263. The maximum Gasteiger partial charge on any atom is 0.259 e. The third-order valence-corrected chi connectivity index (χ3v) is 4.04. The summed E-state index contributed by atoms with van der Waals surface area (Å²) in [6.45, 7) is 2.06. The van der Waals surface area contributed by atoms with Crippen molar-refractivity contribution in [1.29, 1.82) is 0 Å². The molecule has 1 aliphatic heterocycles. The van der Waals surface area contributed by atoms with Crippen molar-refractivity contribution in [2.45, 2.75) is 17.3 Å². The Bertz CT molecular complexity index is 442. The maximum absolute atomic E-state index is 11.6. The van der Waals surface area contributed by atoms with Gasteiger partial charge in [0.15, 0.2) is 0 Å². The van der Waals surface area contributed by atoms with Crippen LogP contribution < -0.4 is 5.32 Å². The molecule has 0 radical (unpaired) electrons. The van der Waals surface area contributed by atoms with E-state index in [-0.39, 0.29) is 15.7 Å². The molecule has 1 N–H and O–H groups in total. The molecule has 15 heavy (non-hydrogen) atoms. The predicted octanol–water partition coefficient (Wildman–Crippen LogP) is 2.46. The number of halogens is 1. The highest BCUT2D eigenvalue weighted by Gasteiger charge is 2.30. The largest absolute Gasteiger partial charge is 0.288 e. The molecule has 1 atom stereocenters. The fraction of sp³-hybridized carbons (Fsp3) is 0.273. The van der Waals surface area contributed by atoms with Gasteiger partial charge in [-0.3, -0.25) is 14.9 Å². The van der Waals surface area contributed by atoms with Crippen LogP contribution in [0.3, 0.4) is 0 Å². The topological polar surface area (TPSA) is 46.2 Å². The van der Waals surface area contributed by atoms with E-state index >= 15 is 0 Å². The SMILES string of the molecule is CCC(I)c1cccc2c1C(=O)NC2=O. The summed E-state index contributed by atoms with van der Waals surface area (Å²) in [4.78, 5) is 23.0. The Kier molecular flexibility index (Phi) is 2.77. The van der Waals surface area contributed by atoms with E-state index in [2.05, 4.69) is 34.8 Å². The quantitative estimate of drug-likeness (QED) is 0.518. The Labute approximate surface area is 101 Å². The van der Waals surface area contributed by atoms with Crippen LogP contribution in [0, 0.1) is 0 Å². The van der Waals surface area contributed by atoms with Crippen molar-refractivity contribution in [1.82, 2.24) is 5.32 Å². The van der Waals surface area contributed by atoms with Crippen LogP contribution >= 0.6 is 22.6 Å². The van der Waals surface area contributed by atoms with Crippen molar-refractivity contribution in [2.24, 2.45) is 0 Å². The lowest BCUT2D eigenvalue weighted by molar-refractivity contribution is 0.0879. The smallest absolute Gasteiger partial charge is 0.259 e. The second-order valence-electron chi connectivity index (χ2n) is 3.43. The number of amides is 2. The summed E-state index contributed by atoms with van der Waals surface area (Å²) in [6.07, 6.45) is 0.943. The lowest BCUT2D eigenvalue weighted by Gasteiger charge is -2.10. The van der Waals surface area contributed by atoms with Crippen LogP contribution in [0.4, 0.5) is 0 Å². The number of benzene rings is 1. The monoisotopic (exact) mass is 315 g/mol. The molecule has 1 aliphatic rings.